The standard InChI is InChI=1S/C14H18N2O/c1-11-5-12(6-15)3-4-13(11)7-16-8-14(2)9-17-10-14/h3-5,16H,7-10H2,1-2H3. The van der Waals surface area contributed by atoms with E-state index in [1.807, 2.05) is 25.1 Å². The SMILES string of the molecule is Cc1cc(C#N)ccc1CNCC1(C)COC1. The third-order valence-corrected chi connectivity index (χ3v) is 3.24. The zero-order chi connectivity index (χ0) is 12.3. The molecule has 1 aliphatic heterocycles. The van der Waals surface area contributed by atoms with Crippen molar-refractivity contribution in [3.05, 3.63) is 34.9 Å². The first-order valence-electron chi connectivity index (χ1n) is 5.91. The molecule has 1 aliphatic rings. The Morgan fingerprint density at radius 1 is 1.47 bits per heavy atom. The molecular formula is C14H18N2O. The van der Waals surface area contributed by atoms with E-state index in [0.717, 1.165) is 31.9 Å². The van der Waals surface area contributed by atoms with Crippen molar-refractivity contribution in [2.75, 3.05) is 19.8 Å². The molecule has 0 spiro atoms. The molecule has 0 saturated carbocycles. The zero-order valence-electron chi connectivity index (χ0n) is 10.4. The molecule has 1 saturated heterocycles. The van der Waals surface area contributed by atoms with Crippen molar-refractivity contribution >= 4 is 0 Å². The van der Waals surface area contributed by atoms with Crippen molar-refractivity contribution in [2.24, 2.45) is 5.41 Å². The molecule has 1 N–H and O–H groups in total. The molecule has 3 nitrogen and oxygen atoms in total. The third kappa shape index (κ3) is 2.85. The molecule has 3 heteroatoms. The second kappa shape index (κ2) is 4.87. The monoisotopic (exact) mass is 230 g/mol. The van der Waals surface area contributed by atoms with Crippen LogP contribution in [0.25, 0.3) is 0 Å². The van der Waals surface area contributed by atoms with Gasteiger partial charge in [-0.1, -0.05) is 13.0 Å². The minimum absolute atomic E-state index is 0.306. The van der Waals surface area contributed by atoms with Gasteiger partial charge in [0, 0.05) is 18.5 Å². The number of nitrogens with one attached hydrogen (secondary N) is 1. The van der Waals surface area contributed by atoms with Crippen LogP contribution in [-0.2, 0) is 11.3 Å². The summed E-state index contributed by atoms with van der Waals surface area (Å²) in [5.41, 5.74) is 3.46. The molecule has 0 aliphatic carbocycles. The van der Waals surface area contributed by atoms with Crippen LogP contribution in [0, 0.1) is 23.7 Å². The van der Waals surface area contributed by atoms with Crippen LogP contribution in [0.3, 0.4) is 0 Å². The maximum atomic E-state index is 8.80. The van der Waals surface area contributed by atoms with Crippen molar-refractivity contribution in [1.82, 2.24) is 5.32 Å². The van der Waals surface area contributed by atoms with Crippen molar-refractivity contribution in [2.45, 2.75) is 20.4 Å². The first-order valence-corrected chi connectivity index (χ1v) is 5.91. The first kappa shape index (κ1) is 12.1. The summed E-state index contributed by atoms with van der Waals surface area (Å²) in [5, 5.41) is 12.3. The van der Waals surface area contributed by atoms with E-state index in [-0.39, 0.29) is 0 Å². The fourth-order valence-electron chi connectivity index (χ4n) is 2.02. The van der Waals surface area contributed by atoms with Crippen LogP contribution in [0.1, 0.15) is 23.6 Å². The maximum absolute atomic E-state index is 8.80. The minimum Gasteiger partial charge on any atom is -0.380 e. The van der Waals surface area contributed by atoms with E-state index in [0.29, 0.717) is 5.41 Å². The Hall–Kier alpha value is -1.37. The van der Waals surface area contributed by atoms with Gasteiger partial charge in [0.15, 0.2) is 0 Å². The highest BCUT2D eigenvalue weighted by Crippen LogP contribution is 2.25. The molecule has 1 aromatic carbocycles. The van der Waals surface area contributed by atoms with Gasteiger partial charge in [-0.2, -0.15) is 5.26 Å². The molecule has 17 heavy (non-hydrogen) atoms. The fourth-order valence-corrected chi connectivity index (χ4v) is 2.02. The fraction of sp³-hybridized carbons (Fsp3) is 0.500. The molecule has 0 amide bonds. The van der Waals surface area contributed by atoms with Crippen molar-refractivity contribution < 1.29 is 4.74 Å². The number of nitrogens with zero attached hydrogens (tertiary/aromatic N) is 1. The molecule has 1 aromatic rings. The van der Waals surface area contributed by atoms with Gasteiger partial charge in [-0.15, -0.1) is 0 Å². The van der Waals surface area contributed by atoms with Crippen LogP contribution < -0.4 is 5.32 Å². The van der Waals surface area contributed by atoms with E-state index < -0.39 is 0 Å². The number of hydrogen-bond acceptors (Lipinski definition) is 3. The highest BCUT2D eigenvalue weighted by atomic mass is 16.5. The van der Waals surface area contributed by atoms with E-state index in [4.69, 9.17) is 10.00 Å². The normalized spacial score (nSPS) is 17.2. The summed E-state index contributed by atoms with van der Waals surface area (Å²) >= 11 is 0. The topological polar surface area (TPSA) is 45.0 Å². The highest BCUT2D eigenvalue weighted by Gasteiger charge is 2.32. The van der Waals surface area contributed by atoms with E-state index >= 15 is 0 Å². The Morgan fingerprint density at radius 2 is 2.24 bits per heavy atom. The van der Waals surface area contributed by atoms with Gasteiger partial charge < -0.3 is 10.1 Å². The summed E-state index contributed by atoms with van der Waals surface area (Å²) < 4.78 is 5.22. The molecule has 0 aromatic heterocycles. The van der Waals surface area contributed by atoms with Gasteiger partial charge in [0.05, 0.1) is 24.8 Å². The van der Waals surface area contributed by atoms with E-state index in [1.165, 1.54) is 11.1 Å². The number of ether oxygens (including phenoxy) is 1. The lowest BCUT2D eigenvalue weighted by atomic mass is 9.88. The lowest BCUT2D eigenvalue weighted by Crippen LogP contribution is -2.47. The third-order valence-electron chi connectivity index (χ3n) is 3.24. The molecule has 90 valence electrons. The molecule has 2 rings (SSSR count). The predicted molar refractivity (Wildman–Crippen MR) is 66.5 cm³/mol. The number of aryl methyl sites for hydroxylation is 1. The number of hydrogen-bond donors (Lipinski definition) is 1. The Morgan fingerprint density at radius 3 is 2.76 bits per heavy atom. The molecule has 1 fully saturated rings. The van der Waals surface area contributed by atoms with Crippen LogP contribution >= 0.6 is 0 Å². The number of rotatable bonds is 4. The lowest BCUT2D eigenvalue weighted by molar-refractivity contribution is -0.0991. The van der Waals surface area contributed by atoms with Crippen molar-refractivity contribution in [3.63, 3.8) is 0 Å². The lowest BCUT2D eigenvalue weighted by Gasteiger charge is -2.38. The van der Waals surface area contributed by atoms with Gasteiger partial charge in [0.25, 0.3) is 0 Å². The minimum atomic E-state index is 0.306. The molecular weight excluding hydrogens is 212 g/mol. The summed E-state index contributed by atoms with van der Waals surface area (Å²) in [7, 11) is 0. The second-order valence-corrected chi connectivity index (χ2v) is 5.16. The van der Waals surface area contributed by atoms with Crippen molar-refractivity contribution in [1.29, 1.82) is 5.26 Å². The largest absolute Gasteiger partial charge is 0.380 e. The van der Waals surface area contributed by atoms with Gasteiger partial charge in [0.2, 0.25) is 0 Å². The predicted octanol–water partition coefficient (Wildman–Crippen LogP) is 1.99. The van der Waals surface area contributed by atoms with Gasteiger partial charge in [-0.05, 0) is 30.2 Å². The van der Waals surface area contributed by atoms with Crippen LogP contribution in [0.4, 0.5) is 0 Å². The molecule has 0 radical (unpaired) electrons. The summed E-state index contributed by atoms with van der Waals surface area (Å²) in [6.45, 7) is 7.82. The van der Waals surface area contributed by atoms with Crippen LogP contribution in [0.2, 0.25) is 0 Å². The van der Waals surface area contributed by atoms with Gasteiger partial charge in [-0.25, -0.2) is 0 Å². The van der Waals surface area contributed by atoms with E-state index in [9.17, 15) is 0 Å². The number of nitriles is 1. The Kier molecular flexibility index (Phi) is 3.46. The van der Waals surface area contributed by atoms with Crippen molar-refractivity contribution in [3.8, 4) is 6.07 Å². The van der Waals surface area contributed by atoms with Crippen LogP contribution in [0.15, 0.2) is 18.2 Å². The Balaban J connectivity index is 1.89. The quantitative estimate of drug-likeness (QED) is 0.860. The maximum Gasteiger partial charge on any atom is 0.0991 e. The van der Waals surface area contributed by atoms with Gasteiger partial charge in [-0.3, -0.25) is 0 Å². The first-order chi connectivity index (χ1) is 8.13. The molecule has 0 atom stereocenters. The zero-order valence-corrected chi connectivity index (χ0v) is 10.4. The molecule has 1 heterocycles. The summed E-state index contributed by atoms with van der Waals surface area (Å²) in [6.07, 6.45) is 0. The average molecular weight is 230 g/mol. The van der Waals surface area contributed by atoms with Gasteiger partial charge in [0.1, 0.15) is 0 Å². The second-order valence-electron chi connectivity index (χ2n) is 5.16. The smallest absolute Gasteiger partial charge is 0.0991 e. The average Bonchev–Trinajstić information content (AvgIpc) is 2.29. The Labute approximate surface area is 102 Å². The molecule has 0 bridgehead atoms. The Bertz CT molecular complexity index is 444. The summed E-state index contributed by atoms with van der Waals surface area (Å²) in [4.78, 5) is 0. The van der Waals surface area contributed by atoms with E-state index in [1.54, 1.807) is 0 Å². The van der Waals surface area contributed by atoms with Gasteiger partial charge >= 0.3 is 0 Å². The van der Waals surface area contributed by atoms with E-state index in [2.05, 4.69) is 18.3 Å². The number of benzene rings is 1. The summed E-state index contributed by atoms with van der Waals surface area (Å²) in [6, 6.07) is 7.99. The highest BCUT2D eigenvalue weighted by molar-refractivity contribution is 5.37. The van der Waals surface area contributed by atoms with Crippen LogP contribution in [-0.4, -0.2) is 19.8 Å². The molecule has 0 unspecified atom stereocenters. The van der Waals surface area contributed by atoms with Crippen LogP contribution in [0.5, 0.6) is 0 Å². The summed E-state index contributed by atoms with van der Waals surface area (Å²) in [5.74, 6) is 0.